The monoisotopic (exact) mass is 783 g/mol. The Balaban J connectivity index is 0.948. The lowest BCUT2D eigenvalue weighted by molar-refractivity contribution is 0.745. The van der Waals surface area contributed by atoms with Crippen LogP contribution in [0.1, 0.15) is 24.3 Å². The highest BCUT2D eigenvalue weighted by atomic mass is 79.9. The molecule has 7 aromatic carbocycles. The molecule has 2 aliphatic carbocycles. The van der Waals surface area contributed by atoms with E-state index in [1.807, 2.05) is 0 Å². The van der Waals surface area contributed by atoms with Crippen molar-refractivity contribution in [1.29, 1.82) is 0 Å². The molecular formula is C52H38BrN3. The Bertz CT molecular complexity index is 3100. The number of anilines is 1. The van der Waals surface area contributed by atoms with Crippen LogP contribution in [0.2, 0.25) is 0 Å². The van der Waals surface area contributed by atoms with Gasteiger partial charge in [0.2, 0.25) is 0 Å². The van der Waals surface area contributed by atoms with E-state index in [2.05, 4.69) is 224 Å². The lowest BCUT2D eigenvalue weighted by Crippen LogP contribution is -2.33. The minimum absolute atomic E-state index is 0.231. The van der Waals surface area contributed by atoms with Crippen molar-refractivity contribution in [3.05, 3.63) is 210 Å². The Hall–Kier alpha value is -6.36. The van der Waals surface area contributed by atoms with Crippen LogP contribution in [0.25, 0.3) is 65.8 Å². The van der Waals surface area contributed by atoms with Crippen LogP contribution in [0.4, 0.5) is 5.69 Å². The van der Waals surface area contributed by atoms with Gasteiger partial charge in [-0.2, -0.15) is 0 Å². The first kappa shape index (κ1) is 33.0. The number of fused-ring (bicyclic) bond motifs is 8. The fourth-order valence-corrected chi connectivity index (χ4v) is 9.79. The van der Waals surface area contributed by atoms with E-state index in [1.54, 1.807) is 0 Å². The van der Waals surface area contributed by atoms with Gasteiger partial charge in [0.25, 0.3) is 0 Å². The molecule has 2 heterocycles. The number of hydrogen-bond donors (Lipinski definition) is 0. The molecule has 0 bridgehead atoms. The normalized spacial score (nSPS) is 16.8. The zero-order valence-corrected chi connectivity index (χ0v) is 32.3. The van der Waals surface area contributed by atoms with Gasteiger partial charge in [0.1, 0.15) is 0 Å². The van der Waals surface area contributed by atoms with Crippen LogP contribution in [0.5, 0.6) is 0 Å². The maximum atomic E-state index is 3.90. The van der Waals surface area contributed by atoms with Gasteiger partial charge in [-0.3, -0.25) is 0 Å². The van der Waals surface area contributed by atoms with Gasteiger partial charge in [0.15, 0.2) is 0 Å². The average molecular weight is 785 g/mol. The van der Waals surface area contributed by atoms with Gasteiger partial charge >= 0.3 is 0 Å². The van der Waals surface area contributed by atoms with Gasteiger partial charge in [-0.15, -0.1) is 0 Å². The predicted molar refractivity (Wildman–Crippen MR) is 241 cm³/mol. The molecule has 9 aromatic rings. The highest BCUT2D eigenvalue weighted by Gasteiger charge is 2.24. The number of rotatable bonds is 6. The first-order valence-corrected chi connectivity index (χ1v) is 20.3. The largest absolute Gasteiger partial charge is 0.335 e. The minimum atomic E-state index is 0.231. The highest BCUT2D eigenvalue weighted by Crippen LogP contribution is 2.41. The number of hydrogen-bond acceptors (Lipinski definition) is 1. The minimum Gasteiger partial charge on any atom is -0.335 e. The molecule has 11 rings (SSSR count). The van der Waals surface area contributed by atoms with Crippen molar-refractivity contribution in [1.82, 2.24) is 9.13 Å². The zero-order chi connectivity index (χ0) is 37.2. The van der Waals surface area contributed by atoms with E-state index in [0.29, 0.717) is 5.92 Å². The molecule has 0 saturated carbocycles. The molecule has 2 unspecified atom stereocenters. The SMILES string of the molecule is Brc1cc2c(c3ccccc13)c1ccccc1n2-c1ccc(N(C2=CCC(c3ccc4c(c3)c3ccccc3n4-c3ccccc3)C=C2)C2C=CC=CC2)cc1. The Labute approximate surface area is 334 Å². The van der Waals surface area contributed by atoms with Crippen molar-refractivity contribution >= 4 is 76.0 Å². The third-order valence-corrected chi connectivity index (χ3v) is 12.5. The Morgan fingerprint density at radius 2 is 1.18 bits per heavy atom. The second kappa shape index (κ2) is 13.4. The molecular weight excluding hydrogens is 746 g/mol. The summed E-state index contributed by atoms with van der Waals surface area (Å²) in [7, 11) is 0. The molecule has 0 amide bonds. The van der Waals surface area contributed by atoms with E-state index in [4.69, 9.17) is 0 Å². The van der Waals surface area contributed by atoms with Crippen molar-refractivity contribution in [2.75, 3.05) is 4.90 Å². The number of benzene rings is 7. The van der Waals surface area contributed by atoms with E-state index in [1.165, 1.54) is 77.0 Å². The summed E-state index contributed by atoms with van der Waals surface area (Å²) in [5, 5.41) is 7.64. The van der Waals surface area contributed by atoms with E-state index >= 15 is 0 Å². The molecule has 0 radical (unpaired) electrons. The van der Waals surface area contributed by atoms with Gasteiger partial charge in [0.05, 0.1) is 28.1 Å². The van der Waals surface area contributed by atoms with Gasteiger partial charge in [-0.05, 0) is 102 Å². The van der Waals surface area contributed by atoms with Crippen LogP contribution in [0.15, 0.2) is 204 Å². The number of para-hydroxylation sites is 3. The Morgan fingerprint density at radius 3 is 1.93 bits per heavy atom. The van der Waals surface area contributed by atoms with Gasteiger partial charge in [0, 0.05) is 54.7 Å². The summed E-state index contributed by atoms with van der Waals surface area (Å²) in [6.45, 7) is 0. The van der Waals surface area contributed by atoms with Crippen molar-refractivity contribution in [2.45, 2.75) is 24.8 Å². The molecule has 0 spiro atoms. The summed E-state index contributed by atoms with van der Waals surface area (Å²) >= 11 is 3.90. The average Bonchev–Trinajstić information content (AvgIpc) is 3.77. The van der Waals surface area contributed by atoms with Crippen LogP contribution < -0.4 is 4.90 Å². The molecule has 0 aliphatic heterocycles. The predicted octanol–water partition coefficient (Wildman–Crippen LogP) is 14.1. The molecule has 2 atom stereocenters. The zero-order valence-electron chi connectivity index (χ0n) is 30.8. The molecule has 0 saturated heterocycles. The molecule has 4 heteroatoms. The Morgan fingerprint density at radius 1 is 0.518 bits per heavy atom. The van der Waals surface area contributed by atoms with Gasteiger partial charge in [-0.25, -0.2) is 0 Å². The molecule has 56 heavy (non-hydrogen) atoms. The van der Waals surface area contributed by atoms with Crippen molar-refractivity contribution in [2.24, 2.45) is 0 Å². The fraction of sp³-hybridized carbons (Fsp3) is 0.0769. The maximum absolute atomic E-state index is 3.90. The maximum Gasteiger partial charge on any atom is 0.0559 e. The summed E-state index contributed by atoms with van der Waals surface area (Å²) < 4.78 is 5.91. The van der Waals surface area contributed by atoms with E-state index < -0.39 is 0 Å². The highest BCUT2D eigenvalue weighted by molar-refractivity contribution is 9.10. The first-order valence-electron chi connectivity index (χ1n) is 19.5. The van der Waals surface area contributed by atoms with Crippen LogP contribution in [-0.2, 0) is 0 Å². The molecule has 2 aliphatic rings. The third kappa shape index (κ3) is 5.31. The van der Waals surface area contributed by atoms with Crippen molar-refractivity contribution in [3.63, 3.8) is 0 Å². The standard InChI is InChI=1S/C52H38BrN3/c53-47-34-51-52(44-19-8-7-17-42(44)47)45-20-10-12-22-49(45)56(51)41-30-28-40(29-31-41)54(37-13-3-1-4-14-37)39-26-23-35(24-27-39)36-25-32-50-46(33-36)43-18-9-11-21-48(43)55(50)38-15-5-2-6-16-38/h1-13,15-23,25-35,37H,14,24H2. The van der Waals surface area contributed by atoms with Crippen molar-refractivity contribution in [3.8, 4) is 11.4 Å². The van der Waals surface area contributed by atoms with E-state index in [9.17, 15) is 0 Å². The second-order valence-electron chi connectivity index (χ2n) is 14.9. The second-order valence-corrected chi connectivity index (χ2v) is 15.8. The molecule has 268 valence electrons. The molecule has 0 N–H and O–H groups in total. The topological polar surface area (TPSA) is 13.1 Å². The summed E-state index contributed by atoms with van der Waals surface area (Å²) in [5.74, 6) is 0.304. The molecule has 2 aromatic heterocycles. The number of nitrogens with zero attached hydrogens (tertiary/aromatic N) is 3. The lowest BCUT2D eigenvalue weighted by atomic mass is 9.90. The summed E-state index contributed by atoms with van der Waals surface area (Å²) in [5.41, 5.74) is 11.0. The lowest BCUT2D eigenvalue weighted by Gasteiger charge is -2.35. The van der Waals surface area contributed by atoms with Crippen LogP contribution in [-0.4, -0.2) is 15.2 Å². The number of aromatic nitrogens is 2. The summed E-state index contributed by atoms with van der Waals surface area (Å²) in [4.78, 5) is 2.52. The van der Waals surface area contributed by atoms with Gasteiger partial charge < -0.3 is 14.0 Å². The summed E-state index contributed by atoms with van der Waals surface area (Å²) in [6, 6.07) is 55.7. The molecule has 3 nitrogen and oxygen atoms in total. The third-order valence-electron chi connectivity index (χ3n) is 11.8. The van der Waals surface area contributed by atoms with Crippen molar-refractivity contribution < 1.29 is 0 Å². The fourth-order valence-electron chi connectivity index (χ4n) is 9.23. The smallest absolute Gasteiger partial charge is 0.0559 e. The number of allylic oxidation sites excluding steroid dienone is 5. The van der Waals surface area contributed by atoms with Crippen LogP contribution >= 0.6 is 15.9 Å². The number of halogens is 1. The van der Waals surface area contributed by atoms with E-state index in [0.717, 1.165) is 23.0 Å². The Kier molecular flexibility index (Phi) is 7.92. The molecule has 0 fully saturated rings. The van der Waals surface area contributed by atoms with Gasteiger partial charge in [-0.1, -0.05) is 137 Å². The van der Waals surface area contributed by atoms with Crippen LogP contribution in [0.3, 0.4) is 0 Å². The van der Waals surface area contributed by atoms with E-state index in [-0.39, 0.29) is 6.04 Å². The van der Waals surface area contributed by atoms with Crippen LogP contribution in [0, 0.1) is 0 Å². The summed E-state index contributed by atoms with van der Waals surface area (Å²) in [6.07, 6.45) is 18.1. The quantitative estimate of drug-likeness (QED) is 0.164. The first-order chi connectivity index (χ1) is 27.7.